The summed E-state index contributed by atoms with van der Waals surface area (Å²) >= 11 is 0. The standard InChI is InChI=1S/C23H35NO6/c1-5-28-18(25)21(3)13-24(14-22(21,4)19(26)29-6-2)20(27)30-23-10-15-7-16(11-23)9-17(8-15)12-23/h15-17H,5-14H2,1-4H3. The van der Waals surface area contributed by atoms with Gasteiger partial charge in [0, 0.05) is 13.1 Å². The Labute approximate surface area is 178 Å². The molecule has 7 heteroatoms. The van der Waals surface area contributed by atoms with Crippen molar-refractivity contribution in [3.05, 3.63) is 0 Å². The fraction of sp³-hybridized carbons (Fsp3) is 0.870. The summed E-state index contributed by atoms with van der Waals surface area (Å²) in [7, 11) is 0. The van der Waals surface area contributed by atoms with Crippen LogP contribution in [0.25, 0.3) is 0 Å². The number of amides is 1. The van der Waals surface area contributed by atoms with E-state index in [0.717, 1.165) is 19.3 Å². The number of likely N-dealkylation sites (tertiary alicyclic amines) is 1. The first-order valence-corrected chi connectivity index (χ1v) is 11.5. The van der Waals surface area contributed by atoms with Crippen LogP contribution in [0.15, 0.2) is 0 Å². The lowest BCUT2D eigenvalue weighted by atomic mass is 9.54. The Balaban J connectivity index is 1.54. The van der Waals surface area contributed by atoms with Gasteiger partial charge in [0.1, 0.15) is 16.4 Å². The van der Waals surface area contributed by atoms with Crippen LogP contribution in [-0.2, 0) is 23.8 Å². The van der Waals surface area contributed by atoms with E-state index in [2.05, 4.69) is 0 Å². The van der Waals surface area contributed by atoms with E-state index in [0.29, 0.717) is 17.8 Å². The van der Waals surface area contributed by atoms with Crippen molar-refractivity contribution < 1.29 is 28.6 Å². The zero-order chi connectivity index (χ0) is 21.7. The average molecular weight is 422 g/mol. The number of hydrogen-bond donors (Lipinski definition) is 0. The number of nitrogens with zero attached hydrogens (tertiary/aromatic N) is 1. The number of hydrogen-bond acceptors (Lipinski definition) is 6. The number of carbonyl (C=O) groups excluding carboxylic acids is 3. The van der Waals surface area contributed by atoms with Crippen molar-refractivity contribution in [2.24, 2.45) is 28.6 Å². The molecule has 168 valence electrons. The van der Waals surface area contributed by atoms with Gasteiger partial charge in [0.25, 0.3) is 0 Å². The first-order chi connectivity index (χ1) is 14.1. The van der Waals surface area contributed by atoms with Gasteiger partial charge in [-0.3, -0.25) is 9.59 Å². The van der Waals surface area contributed by atoms with Crippen molar-refractivity contribution in [2.75, 3.05) is 26.3 Å². The molecule has 0 radical (unpaired) electrons. The monoisotopic (exact) mass is 421 g/mol. The molecule has 7 nitrogen and oxygen atoms in total. The molecule has 30 heavy (non-hydrogen) atoms. The van der Waals surface area contributed by atoms with Gasteiger partial charge in [0.15, 0.2) is 0 Å². The lowest BCUT2D eigenvalue weighted by Crippen LogP contribution is -2.54. The van der Waals surface area contributed by atoms with Crippen molar-refractivity contribution in [3.63, 3.8) is 0 Å². The Kier molecular flexibility index (Phi) is 5.30. The SMILES string of the molecule is CCOC(=O)C1(C)CN(C(=O)OC23CC4CC(CC(C4)C2)C3)CC1(C)C(=O)OCC. The fourth-order valence-electron chi connectivity index (χ4n) is 6.86. The maximum Gasteiger partial charge on any atom is 0.410 e. The summed E-state index contributed by atoms with van der Waals surface area (Å²) in [6.07, 6.45) is 6.22. The van der Waals surface area contributed by atoms with Crippen LogP contribution in [-0.4, -0.2) is 54.8 Å². The highest BCUT2D eigenvalue weighted by atomic mass is 16.6. The third-order valence-electron chi connectivity index (χ3n) is 8.23. The van der Waals surface area contributed by atoms with Crippen LogP contribution >= 0.6 is 0 Å². The molecule has 0 N–H and O–H groups in total. The zero-order valence-electron chi connectivity index (χ0n) is 18.7. The molecule has 1 heterocycles. The first kappa shape index (κ1) is 21.4. The van der Waals surface area contributed by atoms with E-state index in [1.807, 2.05) is 0 Å². The van der Waals surface area contributed by atoms with Crippen LogP contribution in [0.1, 0.15) is 66.2 Å². The van der Waals surface area contributed by atoms with Gasteiger partial charge in [-0.2, -0.15) is 0 Å². The minimum Gasteiger partial charge on any atom is -0.465 e. The van der Waals surface area contributed by atoms with E-state index in [4.69, 9.17) is 14.2 Å². The molecule has 0 aromatic heterocycles. The van der Waals surface area contributed by atoms with Crippen LogP contribution < -0.4 is 0 Å². The fourth-order valence-corrected chi connectivity index (χ4v) is 6.86. The topological polar surface area (TPSA) is 82.1 Å². The van der Waals surface area contributed by atoms with Crippen molar-refractivity contribution >= 4 is 18.0 Å². The minimum atomic E-state index is -1.18. The first-order valence-electron chi connectivity index (χ1n) is 11.5. The van der Waals surface area contributed by atoms with Crippen LogP contribution in [0.2, 0.25) is 0 Å². The van der Waals surface area contributed by atoms with E-state index in [9.17, 15) is 14.4 Å². The Morgan fingerprint density at radius 3 is 1.57 bits per heavy atom. The summed E-state index contributed by atoms with van der Waals surface area (Å²) in [6, 6.07) is 0. The quantitative estimate of drug-likeness (QED) is 0.499. The highest BCUT2D eigenvalue weighted by Crippen LogP contribution is 2.57. The van der Waals surface area contributed by atoms with Crippen molar-refractivity contribution in [1.29, 1.82) is 0 Å². The van der Waals surface area contributed by atoms with Crippen LogP contribution in [0.3, 0.4) is 0 Å². The van der Waals surface area contributed by atoms with Gasteiger partial charge < -0.3 is 19.1 Å². The molecule has 5 aliphatic rings. The van der Waals surface area contributed by atoms with Gasteiger partial charge in [-0.25, -0.2) is 4.79 Å². The molecule has 1 saturated heterocycles. The molecule has 2 unspecified atom stereocenters. The Morgan fingerprint density at radius 2 is 1.20 bits per heavy atom. The average Bonchev–Trinajstić information content (AvgIpc) is 2.94. The van der Waals surface area contributed by atoms with Gasteiger partial charge in [0.05, 0.1) is 13.2 Å². The molecule has 0 aromatic carbocycles. The maximum atomic E-state index is 13.3. The summed E-state index contributed by atoms with van der Waals surface area (Å²) in [5.74, 6) is 1.03. The molecule has 5 fully saturated rings. The number of esters is 2. The van der Waals surface area contributed by atoms with Gasteiger partial charge in [-0.15, -0.1) is 0 Å². The second-order valence-corrected chi connectivity index (χ2v) is 10.4. The molecule has 0 spiro atoms. The third kappa shape index (κ3) is 3.28. The highest BCUT2D eigenvalue weighted by Gasteiger charge is 2.64. The molecule has 4 aliphatic carbocycles. The second-order valence-electron chi connectivity index (χ2n) is 10.4. The van der Waals surface area contributed by atoms with Gasteiger partial charge in [0.2, 0.25) is 0 Å². The largest absolute Gasteiger partial charge is 0.465 e. The van der Waals surface area contributed by atoms with Crippen molar-refractivity contribution in [1.82, 2.24) is 4.90 Å². The van der Waals surface area contributed by atoms with Gasteiger partial charge >= 0.3 is 18.0 Å². The smallest absolute Gasteiger partial charge is 0.410 e. The predicted molar refractivity (Wildman–Crippen MR) is 108 cm³/mol. The third-order valence-corrected chi connectivity index (χ3v) is 8.23. The van der Waals surface area contributed by atoms with Gasteiger partial charge in [-0.1, -0.05) is 0 Å². The lowest BCUT2D eigenvalue weighted by Gasteiger charge is -2.55. The zero-order valence-corrected chi connectivity index (χ0v) is 18.7. The van der Waals surface area contributed by atoms with Crippen molar-refractivity contribution in [3.8, 4) is 0 Å². The lowest BCUT2D eigenvalue weighted by molar-refractivity contribution is -0.173. The van der Waals surface area contributed by atoms with E-state index in [1.165, 1.54) is 24.2 Å². The van der Waals surface area contributed by atoms with E-state index >= 15 is 0 Å². The van der Waals surface area contributed by atoms with Crippen LogP contribution in [0, 0.1) is 28.6 Å². The number of ether oxygens (including phenoxy) is 3. The highest BCUT2D eigenvalue weighted by molar-refractivity contribution is 5.90. The molecule has 1 amide bonds. The molecule has 0 aromatic rings. The summed E-state index contributed by atoms with van der Waals surface area (Å²) < 4.78 is 16.8. The predicted octanol–water partition coefficient (Wildman–Crippen LogP) is 3.55. The normalized spacial score (nSPS) is 41.6. The van der Waals surface area contributed by atoms with Crippen molar-refractivity contribution in [2.45, 2.75) is 71.8 Å². The van der Waals surface area contributed by atoms with E-state index in [-0.39, 0.29) is 31.9 Å². The summed E-state index contributed by atoms with van der Waals surface area (Å²) in [6.45, 7) is 7.46. The number of carbonyl (C=O) groups is 3. The Bertz CT molecular complexity index is 668. The van der Waals surface area contributed by atoms with E-state index in [1.54, 1.807) is 27.7 Å². The van der Waals surface area contributed by atoms with Crippen LogP contribution in [0.5, 0.6) is 0 Å². The minimum absolute atomic E-state index is 0.0896. The second kappa shape index (κ2) is 7.41. The molecule has 4 saturated carbocycles. The Morgan fingerprint density at radius 1 is 0.800 bits per heavy atom. The van der Waals surface area contributed by atoms with E-state index < -0.39 is 28.9 Å². The Hall–Kier alpha value is -1.79. The molecular formula is C23H35NO6. The van der Waals surface area contributed by atoms with Gasteiger partial charge in [-0.05, 0) is 84.0 Å². The molecule has 2 atom stereocenters. The number of rotatable bonds is 5. The van der Waals surface area contributed by atoms with Crippen LogP contribution in [0.4, 0.5) is 4.79 Å². The molecule has 1 aliphatic heterocycles. The molecular weight excluding hydrogens is 386 g/mol. The summed E-state index contributed by atoms with van der Waals surface area (Å²) in [5, 5.41) is 0. The molecule has 4 bridgehead atoms. The molecule has 5 rings (SSSR count). The maximum absolute atomic E-state index is 13.3. The summed E-state index contributed by atoms with van der Waals surface area (Å²) in [4.78, 5) is 40.5. The summed E-state index contributed by atoms with van der Waals surface area (Å²) in [5.41, 5.74) is -2.74.